The topological polar surface area (TPSA) is 64.4 Å². The van der Waals surface area contributed by atoms with Crippen LogP contribution in [-0.2, 0) is 20.9 Å². The maximum absolute atomic E-state index is 12.6. The molecule has 0 bridgehead atoms. The molecule has 2 rings (SSSR count). The lowest BCUT2D eigenvalue weighted by molar-refractivity contribution is -0.146. The Morgan fingerprint density at radius 1 is 1.28 bits per heavy atom. The smallest absolute Gasteiger partial charge is 0.310 e. The maximum Gasteiger partial charge on any atom is 0.310 e. The number of methoxy groups -OCH3 is 1. The van der Waals surface area contributed by atoms with Crippen molar-refractivity contribution in [1.82, 2.24) is 14.7 Å². The molecule has 2 aromatic rings. The molecule has 6 nitrogen and oxygen atoms in total. The molecule has 8 heteroatoms. The van der Waals surface area contributed by atoms with Crippen LogP contribution < -0.4 is 0 Å². The number of carbonyl (C=O) groups excluding carboxylic acids is 2. The van der Waals surface area contributed by atoms with Gasteiger partial charge in [0, 0.05) is 29.8 Å². The Labute approximate surface area is 181 Å². The quantitative estimate of drug-likeness (QED) is 0.458. The van der Waals surface area contributed by atoms with Gasteiger partial charge in [-0.3, -0.25) is 9.59 Å². The van der Waals surface area contributed by atoms with Gasteiger partial charge in [0.15, 0.2) is 0 Å². The highest BCUT2D eigenvalue weighted by Crippen LogP contribution is 2.23. The molecular weight excluding hydrogens is 413 g/mol. The lowest BCUT2D eigenvalue weighted by Crippen LogP contribution is -2.36. The zero-order chi connectivity index (χ0) is 21.6. The second-order valence-electron chi connectivity index (χ2n) is 6.71. The van der Waals surface area contributed by atoms with Gasteiger partial charge in [-0.15, -0.1) is 0 Å². The Morgan fingerprint density at radius 3 is 2.52 bits per heavy atom. The molecule has 0 radical (unpaired) electrons. The summed E-state index contributed by atoms with van der Waals surface area (Å²) in [5.74, 6) is -0.948. The van der Waals surface area contributed by atoms with Crippen molar-refractivity contribution in [1.29, 1.82) is 0 Å². The number of amides is 1. The molecule has 0 fully saturated rings. The first kappa shape index (κ1) is 23.0. The fourth-order valence-electron chi connectivity index (χ4n) is 2.87. The van der Waals surface area contributed by atoms with Crippen LogP contribution in [0.25, 0.3) is 6.08 Å². The van der Waals surface area contributed by atoms with Gasteiger partial charge in [0.05, 0.1) is 25.3 Å². The van der Waals surface area contributed by atoms with E-state index in [1.54, 1.807) is 22.6 Å². The number of ether oxygens (including phenoxy) is 1. The molecule has 0 aliphatic carbocycles. The van der Waals surface area contributed by atoms with Gasteiger partial charge in [-0.1, -0.05) is 42.3 Å². The highest BCUT2D eigenvalue weighted by atomic mass is 35.5. The van der Waals surface area contributed by atoms with Crippen molar-refractivity contribution >= 4 is 41.2 Å². The third-order valence-corrected chi connectivity index (χ3v) is 5.19. The predicted molar refractivity (Wildman–Crippen MR) is 115 cm³/mol. The van der Waals surface area contributed by atoms with Crippen LogP contribution >= 0.6 is 23.2 Å². The molecule has 1 atom stereocenters. The SMILES string of the molecule is CCN(CC(C)C(=O)OC)C(=O)/C=C/c1c(C)nn(Cc2ccc(Cl)cc2)c1Cl. The largest absolute Gasteiger partial charge is 0.469 e. The summed E-state index contributed by atoms with van der Waals surface area (Å²) in [6.07, 6.45) is 3.12. The van der Waals surface area contributed by atoms with Gasteiger partial charge in [-0.25, -0.2) is 4.68 Å². The second kappa shape index (κ2) is 10.5. The molecule has 0 N–H and O–H groups in total. The molecule has 156 valence electrons. The van der Waals surface area contributed by atoms with Crippen LogP contribution in [-0.4, -0.2) is 46.8 Å². The van der Waals surface area contributed by atoms with Gasteiger partial charge in [0.25, 0.3) is 0 Å². The molecule has 1 heterocycles. The van der Waals surface area contributed by atoms with Crippen molar-refractivity contribution in [3.63, 3.8) is 0 Å². The van der Waals surface area contributed by atoms with Gasteiger partial charge in [0.1, 0.15) is 5.15 Å². The van der Waals surface area contributed by atoms with Gasteiger partial charge in [-0.05, 0) is 37.6 Å². The number of rotatable bonds is 8. The monoisotopic (exact) mass is 437 g/mol. The second-order valence-corrected chi connectivity index (χ2v) is 7.50. The molecule has 0 aliphatic rings. The molecule has 1 aromatic heterocycles. The van der Waals surface area contributed by atoms with Crippen LogP contribution in [0.5, 0.6) is 0 Å². The lowest BCUT2D eigenvalue weighted by Gasteiger charge is -2.22. The zero-order valence-electron chi connectivity index (χ0n) is 17.0. The van der Waals surface area contributed by atoms with Crippen LogP contribution in [0.15, 0.2) is 30.3 Å². The van der Waals surface area contributed by atoms with Gasteiger partial charge in [-0.2, -0.15) is 5.10 Å². The minimum Gasteiger partial charge on any atom is -0.469 e. The number of halogens is 2. The average molecular weight is 438 g/mol. The predicted octanol–water partition coefficient (Wildman–Crippen LogP) is 4.22. The van der Waals surface area contributed by atoms with E-state index in [0.717, 1.165) is 11.3 Å². The van der Waals surface area contributed by atoms with E-state index in [0.29, 0.717) is 28.8 Å². The summed E-state index contributed by atoms with van der Waals surface area (Å²) in [7, 11) is 1.34. The van der Waals surface area contributed by atoms with E-state index in [-0.39, 0.29) is 18.4 Å². The molecule has 0 saturated carbocycles. The first-order valence-corrected chi connectivity index (χ1v) is 10.0. The average Bonchev–Trinajstić information content (AvgIpc) is 2.97. The van der Waals surface area contributed by atoms with Crippen LogP contribution in [0, 0.1) is 12.8 Å². The minimum atomic E-state index is -0.398. The summed E-state index contributed by atoms with van der Waals surface area (Å²) in [4.78, 5) is 25.7. The third-order valence-electron chi connectivity index (χ3n) is 4.54. The molecule has 1 unspecified atom stereocenters. The fourth-order valence-corrected chi connectivity index (χ4v) is 3.29. The van der Waals surface area contributed by atoms with Crippen molar-refractivity contribution < 1.29 is 14.3 Å². The highest BCUT2D eigenvalue weighted by molar-refractivity contribution is 6.31. The Bertz CT molecular complexity index is 891. The number of esters is 1. The summed E-state index contributed by atoms with van der Waals surface area (Å²) < 4.78 is 6.41. The van der Waals surface area contributed by atoms with E-state index < -0.39 is 5.92 Å². The summed E-state index contributed by atoms with van der Waals surface area (Å²) in [6.45, 7) is 6.69. The standard InChI is InChI=1S/C21H25Cl2N3O3/c1-5-25(12-14(2)21(28)29-4)19(27)11-10-18-15(3)24-26(20(18)23)13-16-6-8-17(22)9-7-16/h6-11,14H,5,12-13H2,1-4H3/b11-10+. The van der Waals surface area contributed by atoms with E-state index in [9.17, 15) is 9.59 Å². The number of carbonyl (C=O) groups is 2. The highest BCUT2D eigenvalue weighted by Gasteiger charge is 2.19. The maximum atomic E-state index is 12.6. The van der Waals surface area contributed by atoms with Gasteiger partial charge < -0.3 is 9.64 Å². The molecule has 1 amide bonds. The van der Waals surface area contributed by atoms with Crippen LogP contribution in [0.3, 0.4) is 0 Å². The zero-order valence-corrected chi connectivity index (χ0v) is 18.5. The summed E-state index contributed by atoms with van der Waals surface area (Å²) in [5.41, 5.74) is 2.42. The summed E-state index contributed by atoms with van der Waals surface area (Å²) in [6, 6.07) is 7.46. The summed E-state index contributed by atoms with van der Waals surface area (Å²) >= 11 is 12.4. The van der Waals surface area contributed by atoms with E-state index in [2.05, 4.69) is 5.10 Å². The summed E-state index contributed by atoms with van der Waals surface area (Å²) in [5, 5.41) is 5.59. The normalized spacial score (nSPS) is 12.2. The van der Waals surface area contributed by atoms with Crippen LogP contribution in [0.1, 0.15) is 30.7 Å². The number of aryl methyl sites for hydroxylation is 1. The van der Waals surface area contributed by atoms with Crippen molar-refractivity contribution in [2.75, 3.05) is 20.2 Å². The van der Waals surface area contributed by atoms with Crippen molar-refractivity contribution in [2.45, 2.75) is 27.3 Å². The van der Waals surface area contributed by atoms with Crippen molar-refractivity contribution in [2.24, 2.45) is 5.92 Å². The first-order valence-electron chi connectivity index (χ1n) is 9.29. The number of aromatic nitrogens is 2. The molecule has 0 spiro atoms. The van der Waals surface area contributed by atoms with E-state index in [4.69, 9.17) is 27.9 Å². The van der Waals surface area contributed by atoms with E-state index in [1.807, 2.05) is 38.1 Å². The van der Waals surface area contributed by atoms with Crippen LogP contribution in [0.4, 0.5) is 0 Å². The molecule has 0 aliphatic heterocycles. The number of benzene rings is 1. The Kier molecular flexibility index (Phi) is 8.29. The number of likely N-dealkylation sites (N-methyl/N-ethyl adjacent to an activating group) is 1. The van der Waals surface area contributed by atoms with Gasteiger partial charge in [0.2, 0.25) is 5.91 Å². The molecule has 0 saturated heterocycles. The minimum absolute atomic E-state index is 0.204. The Hall–Kier alpha value is -2.31. The van der Waals surface area contributed by atoms with Crippen molar-refractivity contribution in [3.8, 4) is 0 Å². The van der Waals surface area contributed by atoms with E-state index in [1.165, 1.54) is 13.2 Å². The Balaban J connectivity index is 2.12. The number of nitrogens with zero attached hydrogens (tertiary/aromatic N) is 3. The van der Waals surface area contributed by atoms with Crippen molar-refractivity contribution in [3.05, 3.63) is 57.3 Å². The first-order chi connectivity index (χ1) is 13.8. The molecule has 1 aromatic carbocycles. The van der Waals surface area contributed by atoms with Crippen LogP contribution in [0.2, 0.25) is 10.2 Å². The lowest BCUT2D eigenvalue weighted by atomic mass is 10.1. The number of hydrogen-bond acceptors (Lipinski definition) is 4. The number of hydrogen-bond donors (Lipinski definition) is 0. The molecule has 29 heavy (non-hydrogen) atoms. The van der Waals surface area contributed by atoms with E-state index >= 15 is 0 Å². The fraction of sp³-hybridized carbons (Fsp3) is 0.381. The molecular formula is C21H25Cl2N3O3. The third kappa shape index (κ3) is 6.08. The Morgan fingerprint density at radius 2 is 1.93 bits per heavy atom. The van der Waals surface area contributed by atoms with Gasteiger partial charge >= 0.3 is 5.97 Å².